The largest absolute Gasteiger partial charge is 0.233 e. The molecule has 1 unspecified atom stereocenters. The first-order valence-electron chi connectivity index (χ1n) is 5.85. The van der Waals surface area contributed by atoms with Gasteiger partial charge in [-0.2, -0.15) is 0 Å². The molecular formula is C12H23NO2SSi. The van der Waals surface area contributed by atoms with Crippen molar-refractivity contribution in [1.82, 2.24) is 4.39 Å². The summed E-state index contributed by atoms with van der Waals surface area (Å²) in [6.45, 7) is 12.7. The summed E-state index contributed by atoms with van der Waals surface area (Å²) in [6, 6.07) is 0. The predicted octanol–water partition coefficient (Wildman–Crippen LogP) is 2.58. The minimum absolute atomic E-state index is 0.367. The second-order valence-electron chi connectivity index (χ2n) is 5.57. The van der Waals surface area contributed by atoms with E-state index >= 15 is 0 Å². The molecule has 1 atom stereocenters. The van der Waals surface area contributed by atoms with Crippen LogP contribution < -0.4 is 4.39 Å². The number of allylic oxidation sites excluding steroid dienone is 4. The third-order valence-corrected chi connectivity index (χ3v) is 9.43. The zero-order chi connectivity index (χ0) is 13.6. The van der Waals surface area contributed by atoms with Crippen LogP contribution in [0, 0.1) is 5.92 Å². The molecule has 0 aliphatic heterocycles. The molecule has 1 aliphatic rings. The first-order chi connectivity index (χ1) is 7.47. The lowest BCUT2D eigenvalue weighted by Gasteiger charge is -2.29. The second-order valence-corrected chi connectivity index (χ2v) is 11.7. The average Bonchev–Trinajstić information content (AvgIpc) is 2.27. The zero-order valence-corrected chi connectivity index (χ0v) is 13.6. The molecule has 1 rings (SSSR count). The van der Waals surface area contributed by atoms with Crippen molar-refractivity contribution in [2.24, 2.45) is 5.92 Å². The first-order valence-corrected chi connectivity index (χ1v) is 10.7. The molecule has 0 aromatic carbocycles. The van der Waals surface area contributed by atoms with E-state index in [2.05, 4.69) is 45.2 Å². The van der Waals surface area contributed by atoms with Crippen molar-refractivity contribution in [3.8, 4) is 0 Å². The summed E-state index contributed by atoms with van der Waals surface area (Å²) in [5.74, 6) is 0.367. The molecule has 17 heavy (non-hydrogen) atoms. The maximum atomic E-state index is 11.5. The molecular weight excluding hydrogens is 250 g/mol. The van der Waals surface area contributed by atoms with Crippen molar-refractivity contribution in [3.63, 3.8) is 0 Å². The molecule has 0 spiro atoms. The zero-order valence-electron chi connectivity index (χ0n) is 11.8. The minimum Gasteiger partial charge on any atom is -0.233 e. The fourth-order valence-corrected chi connectivity index (χ4v) is 9.46. The van der Waals surface area contributed by atoms with Gasteiger partial charge in [-0.05, 0) is 32.3 Å². The molecule has 3 nitrogen and oxygen atoms in total. The third kappa shape index (κ3) is 2.89. The molecule has 0 aromatic heterocycles. The Morgan fingerprint density at radius 2 is 1.59 bits per heavy atom. The summed E-state index contributed by atoms with van der Waals surface area (Å²) in [5.41, 5.74) is 3.97. The summed E-state index contributed by atoms with van der Waals surface area (Å²) < 4.78 is 25.8. The molecule has 1 aliphatic carbocycles. The summed E-state index contributed by atoms with van der Waals surface area (Å²) in [4.78, 5) is 0. The Labute approximate surface area is 106 Å². The Kier molecular flexibility index (Phi) is 3.77. The van der Waals surface area contributed by atoms with E-state index in [1.165, 1.54) is 28.2 Å². The lowest BCUT2D eigenvalue weighted by Crippen LogP contribution is -2.51. The van der Waals surface area contributed by atoms with Crippen LogP contribution in [-0.2, 0) is 10.0 Å². The minimum atomic E-state index is -3.14. The molecule has 1 N–H and O–H groups in total. The molecule has 0 bridgehead atoms. The maximum Gasteiger partial charge on any atom is 0.203 e. The van der Waals surface area contributed by atoms with Crippen LogP contribution in [0.3, 0.4) is 0 Å². The molecule has 0 heterocycles. The van der Waals surface area contributed by atoms with Gasteiger partial charge in [-0.3, -0.25) is 0 Å². The van der Waals surface area contributed by atoms with Gasteiger partial charge in [0.25, 0.3) is 0 Å². The van der Waals surface area contributed by atoms with E-state index < -0.39 is 18.3 Å². The van der Waals surface area contributed by atoms with Gasteiger partial charge < -0.3 is 0 Å². The van der Waals surface area contributed by atoms with E-state index in [9.17, 15) is 8.42 Å². The van der Waals surface area contributed by atoms with Gasteiger partial charge in [0.15, 0.2) is 8.24 Å². The van der Waals surface area contributed by atoms with E-state index in [0.29, 0.717) is 5.92 Å². The highest BCUT2D eigenvalue weighted by Crippen LogP contribution is 2.40. The molecule has 0 saturated heterocycles. The van der Waals surface area contributed by atoms with Gasteiger partial charge in [-0.25, -0.2) is 12.8 Å². The van der Waals surface area contributed by atoms with Crippen LogP contribution in [0.25, 0.3) is 0 Å². The molecule has 5 heteroatoms. The van der Waals surface area contributed by atoms with E-state index in [-0.39, 0.29) is 0 Å². The lowest BCUT2D eigenvalue weighted by atomic mass is 10.1. The monoisotopic (exact) mass is 273 g/mol. The average molecular weight is 273 g/mol. The lowest BCUT2D eigenvalue weighted by molar-refractivity contribution is 0.598. The Morgan fingerprint density at radius 1 is 1.12 bits per heavy atom. The van der Waals surface area contributed by atoms with Crippen molar-refractivity contribution in [3.05, 3.63) is 21.9 Å². The Bertz CT molecular complexity index is 501. The van der Waals surface area contributed by atoms with E-state index in [1.807, 2.05) is 0 Å². The standard InChI is InChI=1S/C12H23NO2SSi/c1-8-9(2)11(4)12(10(8)3)17(6,7)13-16(5,14)15/h10,13H,1-7H3. The molecule has 0 amide bonds. The fraction of sp³-hybridized carbons (Fsp3) is 0.667. The van der Waals surface area contributed by atoms with Crippen molar-refractivity contribution in [1.29, 1.82) is 0 Å². The van der Waals surface area contributed by atoms with Gasteiger partial charge in [0.05, 0.1) is 6.26 Å². The van der Waals surface area contributed by atoms with Gasteiger partial charge in [-0.15, -0.1) is 0 Å². The smallest absolute Gasteiger partial charge is 0.203 e. The van der Waals surface area contributed by atoms with Crippen LogP contribution >= 0.6 is 0 Å². The van der Waals surface area contributed by atoms with Crippen LogP contribution in [0.4, 0.5) is 0 Å². The Morgan fingerprint density at radius 3 is 1.88 bits per heavy atom. The van der Waals surface area contributed by atoms with Gasteiger partial charge >= 0.3 is 0 Å². The third-order valence-electron chi connectivity index (χ3n) is 3.75. The van der Waals surface area contributed by atoms with E-state index in [0.717, 1.165) is 0 Å². The Hall–Kier alpha value is -0.393. The molecule has 0 aromatic rings. The Balaban J connectivity index is 3.20. The highest BCUT2D eigenvalue weighted by molar-refractivity contribution is 7.90. The topological polar surface area (TPSA) is 46.2 Å². The number of nitrogens with one attached hydrogen (secondary N) is 1. The number of hydrogen-bond donors (Lipinski definition) is 1. The summed E-state index contributed by atoms with van der Waals surface area (Å²) >= 11 is 0. The second kappa shape index (κ2) is 4.37. The molecule has 0 fully saturated rings. The molecule has 0 saturated carbocycles. The first kappa shape index (κ1) is 14.7. The van der Waals surface area contributed by atoms with Crippen LogP contribution in [0.15, 0.2) is 21.9 Å². The van der Waals surface area contributed by atoms with E-state index in [1.54, 1.807) is 0 Å². The van der Waals surface area contributed by atoms with Crippen molar-refractivity contribution in [2.45, 2.75) is 40.8 Å². The van der Waals surface area contributed by atoms with Crippen molar-refractivity contribution in [2.75, 3.05) is 6.26 Å². The van der Waals surface area contributed by atoms with E-state index in [4.69, 9.17) is 0 Å². The maximum absolute atomic E-state index is 11.5. The normalized spacial score (nSPS) is 22.6. The van der Waals surface area contributed by atoms with Gasteiger partial charge in [0.2, 0.25) is 10.0 Å². The van der Waals surface area contributed by atoms with Crippen LogP contribution in [-0.4, -0.2) is 22.9 Å². The highest BCUT2D eigenvalue weighted by atomic mass is 32.2. The highest BCUT2D eigenvalue weighted by Gasteiger charge is 2.38. The number of sulfonamides is 1. The summed E-state index contributed by atoms with van der Waals surface area (Å²) in [5, 5.41) is 1.32. The van der Waals surface area contributed by atoms with Crippen molar-refractivity contribution >= 4 is 18.3 Å². The number of hydrogen-bond acceptors (Lipinski definition) is 2. The van der Waals surface area contributed by atoms with Crippen LogP contribution in [0.1, 0.15) is 27.7 Å². The fourth-order valence-electron chi connectivity index (χ4n) is 2.89. The summed E-state index contributed by atoms with van der Waals surface area (Å²) in [6.07, 6.45) is 1.24. The summed E-state index contributed by atoms with van der Waals surface area (Å²) in [7, 11) is -5.26. The van der Waals surface area contributed by atoms with Gasteiger partial charge in [0, 0.05) is 0 Å². The predicted molar refractivity (Wildman–Crippen MR) is 75.7 cm³/mol. The van der Waals surface area contributed by atoms with Crippen LogP contribution in [0.2, 0.25) is 13.1 Å². The number of rotatable bonds is 3. The van der Waals surface area contributed by atoms with Crippen molar-refractivity contribution < 1.29 is 8.42 Å². The van der Waals surface area contributed by atoms with Gasteiger partial charge in [-0.1, -0.05) is 36.4 Å². The van der Waals surface area contributed by atoms with Gasteiger partial charge in [0.1, 0.15) is 0 Å². The quantitative estimate of drug-likeness (QED) is 0.803. The molecule has 98 valence electrons. The molecule has 0 radical (unpaired) electrons. The van der Waals surface area contributed by atoms with Crippen LogP contribution in [0.5, 0.6) is 0 Å². The SMILES string of the molecule is CC1=C(C)C(C)C([Si](C)(C)NS(C)(=O)=O)=C1C.